The van der Waals surface area contributed by atoms with Crippen molar-refractivity contribution in [2.24, 2.45) is 0 Å². The van der Waals surface area contributed by atoms with Crippen molar-refractivity contribution in [3.63, 3.8) is 0 Å². The highest BCUT2D eigenvalue weighted by Gasteiger charge is 2.16. The molecule has 1 heterocycles. The first-order chi connectivity index (χ1) is 13.9. The summed E-state index contributed by atoms with van der Waals surface area (Å²) in [5, 5.41) is 11.6. The first-order valence-electron chi connectivity index (χ1n) is 8.86. The van der Waals surface area contributed by atoms with Gasteiger partial charge in [-0.3, -0.25) is 4.79 Å². The Kier molecular flexibility index (Phi) is 6.28. The number of nitrogens with zero attached hydrogens (tertiary/aromatic N) is 3. The summed E-state index contributed by atoms with van der Waals surface area (Å²) >= 11 is 1.22. The Balaban J connectivity index is 1.71. The predicted octanol–water partition coefficient (Wildman–Crippen LogP) is 3.02. The molecule has 0 aliphatic rings. The number of carbonyl (C=O) groups excluding carboxylic acids is 1. The molecule has 9 heteroatoms. The molecule has 29 heavy (non-hydrogen) atoms. The number of rotatable bonds is 7. The lowest BCUT2D eigenvalue weighted by Gasteiger charge is -2.11. The summed E-state index contributed by atoms with van der Waals surface area (Å²) in [7, 11) is 3.13. The number of amides is 1. The molecule has 2 aromatic carbocycles. The van der Waals surface area contributed by atoms with E-state index in [9.17, 15) is 4.79 Å². The van der Waals surface area contributed by atoms with Crippen LogP contribution in [-0.2, 0) is 4.79 Å². The molecule has 0 aliphatic heterocycles. The van der Waals surface area contributed by atoms with Crippen LogP contribution in [0.5, 0.6) is 11.5 Å². The standard InChI is InChI=1S/C20H23N5O3S/c1-12-6-5-7-13(2)18(12)22-17(26)11-29-20-24-23-19(25(20)21)14-8-9-15(27-3)16(10-14)28-4/h5-10H,11,21H2,1-4H3,(H,22,26). The van der Waals surface area contributed by atoms with Gasteiger partial charge in [-0.1, -0.05) is 30.0 Å². The molecule has 0 aliphatic carbocycles. The van der Waals surface area contributed by atoms with E-state index < -0.39 is 0 Å². The van der Waals surface area contributed by atoms with Crippen LogP contribution >= 0.6 is 11.8 Å². The Labute approximate surface area is 173 Å². The second-order valence-electron chi connectivity index (χ2n) is 6.35. The molecule has 1 aromatic heterocycles. The van der Waals surface area contributed by atoms with E-state index in [1.165, 1.54) is 16.4 Å². The fourth-order valence-electron chi connectivity index (χ4n) is 2.86. The number of hydrogen-bond donors (Lipinski definition) is 2. The van der Waals surface area contributed by atoms with Crippen LogP contribution < -0.4 is 20.6 Å². The van der Waals surface area contributed by atoms with Crippen molar-refractivity contribution in [2.75, 3.05) is 31.1 Å². The van der Waals surface area contributed by atoms with Crippen molar-refractivity contribution < 1.29 is 14.3 Å². The van der Waals surface area contributed by atoms with E-state index in [1.807, 2.05) is 38.1 Å². The lowest BCUT2D eigenvalue weighted by Crippen LogP contribution is -2.17. The van der Waals surface area contributed by atoms with Crippen LogP contribution in [0.3, 0.4) is 0 Å². The summed E-state index contributed by atoms with van der Waals surface area (Å²) in [4.78, 5) is 12.4. The zero-order valence-corrected chi connectivity index (χ0v) is 17.5. The summed E-state index contributed by atoms with van der Waals surface area (Å²) in [5.41, 5.74) is 3.59. The molecular formula is C20H23N5O3S. The summed E-state index contributed by atoms with van der Waals surface area (Å²) < 4.78 is 11.9. The van der Waals surface area contributed by atoms with Gasteiger partial charge in [-0.15, -0.1) is 10.2 Å². The maximum absolute atomic E-state index is 12.4. The van der Waals surface area contributed by atoms with Crippen molar-refractivity contribution in [3.05, 3.63) is 47.5 Å². The number of carbonyl (C=O) groups is 1. The topological polar surface area (TPSA) is 104 Å². The normalized spacial score (nSPS) is 10.6. The van der Waals surface area contributed by atoms with Gasteiger partial charge in [0.2, 0.25) is 11.1 Å². The number of aromatic nitrogens is 3. The molecule has 152 valence electrons. The molecule has 1 amide bonds. The number of benzene rings is 2. The number of nitrogens with one attached hydrogen (secondary N) is 1. The third kappa shape index (κ3) is 4.45. The minimum Gasteiger partial charge on any atom is -0.493 e. The lowest BCUT2D eigenvalue weighted by atomic mass is 10.1. The molecule has 0 atom stereocenters. The molecule has 3 aromatic rings. The first-order valence-corrected chi connectivity index (χ1v) is 9.85. The number of methoxy groups -OCH3 is 2. The number of para-hydroxylation sites is 1. The van der Waals surface area contributed by atoms with E-state index in [2.05, 4.69) is 15.5 Å². The molecule has 8 nitrogen and oxygen atoms in total. The predicted molar refractivity (Wildman–Crippen MR) is 114 cm³/mol. The largest absolute Gasteiger partial charge is 0.493 e. The molecule has 3 N–H and O–H groups in total. The van der Waals surface area contributed by atoms with Crippen molar-refractivity contribution in [3.8, 4) is 22.9 Å². The van der Waals surface area contributed by atoms with E-state index in [-0.39, 0.29) is 11.7 Å². The average Bonchev–Trinajstić information content (AvgIpc) is 3.09. The zero-order valence-electron chi connectivity index (χ0n) is 16.7. The number of nitrogens with two attached hydrogens (primary N) is 1. The third-order valence-electron chi connectivity index (χ3n) is 4.38. The smallest absolute Gasteiger partial charge is 0.234 e. The van der Waals surface area contributed by atoms with Gasteiger partial charge < -0.3 is 20.6 Å². The van der Waals surface area contributed by atoms with Crippen LogP contribution in [-0.4, -0.2) is 40.8 Å². The fourth-order valence-corrected chi connectivity index (χ4v) is 3.52. The Bertz CT molecular complexity index is 1010. The molecule has 0 unspecified atom stereocenters. The lowest BCUT2D eigenvalue weighted by molar-refractivity contribution is -0.113. The first kappa shape index (κ1) is 20.5. The van der Waals surface area contributed by atoms with Gasteiger partial charge in [-0.2, -0.15) is 0 Å². The van der Waals surface area contributed by atoms with E-state index in [0.717, 1.165) is 22.4 Å². The Morgan fingerprint density at radius 1 is 1.10 bits per heavy atom. The Hall–Kier alpha value is -3.20. The van der Waals surface area contributed by atoms with Crippen molar-refractivity contribution >= 4 is 23.4 Å². The third-order valence-corrected chi connectivity index (χ3v) is 5.33. The van der Waals surface area contributed by atoms with Crippen molar-refractivity contribution in [1.29, 1.82) is 0 Å². The van der Waals surface area contributed by atoms with Crippen LogP contribution in [0.2, 0.25) is 0 Å². The molecule has 0 radical (unpaired) electrons. The summed E-state index contributed by atoms with van der Waals surface area (Å²) in [5.74, 6) is 7.81. The number of aryl methyl sites for hydroxylation is 2. The highest BCUT2D eigenvalue weighted by atomic mass is 32.2. The van der Waals surface area contributed by atoms with Crippen LogP contribution in [0.1, 0.15) is 11.1 Å². The second kappa shape index (κ2) is 8.87. The Morgan fingerprint density at radius 2 is 1.79 bits per heavy atom. The second-order valence-corrected chi connectivity index (χ2v) is 7.29. The molecule has 0 fully saturated rings. The minimum absolute atomic E-state index is 0.136. The van der Waals surface area contributed by atoms with Gasteiger partial charge >= 0.3 is 0 Å². The average molecular weight is 414 g/mol. The molecule has 0 saturated carbocycles. The van der Waals surface area contributed by atoms with Crippen molar-refractivity contribution in [1.82, 2.24) is 14.9 Å². The molecule has 0 spiro atoms. The van der Waals surface area contributed by atoms with Crippen LogP contribution in [0.15, 0.2) is 41.6 Å². The Morgan fingerprint density at radius 3 is 2.45 bits per heavy atom. The zero-order chi connectivity index (χ0) is 21.0. The van der Waals surface area contributed by atoms with Gasteiger partial charge in [0.25, 0.3) is 0 Å². The number of nitrogen functional groups attached to an aromatic ring is 1. The van der Waals surface area contributed by atoms with Crippen LogP contribution in [0.25, 0.3) is 11.4 Å². The quantitative estimate of drug-likeness (QED) is 0.453. The summed E-state index contributed by atoms with van der Waals surface area (Å²) in [6, 6.07) is 11.2. The van der Waals surface area contributed by atoms with Gasteiger partial charge in [-0.05, 0) is 43.2 Å². The molecular weight excluding hydrogens is 390 g/mol. The van der Waals surface area contributed by atoms with Gasteiger partial charge in [0.1, 0.15) is 0 Å². The van der Waals surface area contributed by atoms with Gasteiger partial charge in [0.15, 0.2) is 17.3 Å². The van der Waals surface area contributed by atoms with E-state index in [1.54, 1.807) is 26.4 Å². The van der Waals surface area contributed by atoms with Gasteiger partial charge in [0.05, 0.1) is 20.0 Å². The molecule has 0 saturated heterocycles. The van der Waals surface area contributed by atoms with E-state index in [4.69, 9.17) is 15.3 Å². The van der Waals surface area contributed by atoms with Gasteiger partial charge in [0, 0.05) is 11.3 Å². The summed E-state index contributed by atoms with van der Waals surface area (Å²) in [6.45, 7) is 3.92. The van der Waals surface area contributed by atoms with Crippen molar-refractivity contribution in [2.45, 2.75) is 19.0 Å². The van der Waals surface area contributed by atoms with Crippen LogP contribution in [0.4, 0.5) is 5.69 Å². The molecule has 3 rings (SSSR count). The minimum atomic E-state index is -0.136. The van der Waals surface area contributed by atoms with Crippen LogP contribution in [0, 0.1) is 13.8 Å². The fraction of sp³-hybridized carbons (Fsp3) is 0.250. The number of thioether (sulfide) groups is 1. The highest BCUT2D eigenvalue weighted by molar-refractivity contribution is 7.99. The maximum Gasteiger partial charge on any atom is 0.234 e. The number of hydrogen-bond acceptors (Lipinski definition) is 7. The van der Waals surface area contributed by atoms with E-state index in [0.29, 0.717) is 22.5 Å². The maximum atomic E-state index is 12.4. The number of ether oxygens (including phenoxy) is 2. The summed E-state index contributed by atoms with van der Waals surface area (Å²) in [6.07, 6.45) is 0. The molecule has 0 bridgehead atoms. The monoisotopic (exact) mass is 413 g/mol. The highest BCUT2D eigenvalue weighted by Crippen LogP contribution is 2.32. The number of anilines is 1. The SMILES string of the molecule is COc1ccc(-c2nnc(SCC(=O)Nc3c(C)cccc3C)n2N)cc1OC. The van der Waals surface area contributed by atoms with E-state index >= 15 is 0 Å². The van der Waals surface area contributed by atoms with Gasteiger partial charge in [-0.25, -0.2) is 4.68 Å².